The molecule has 0 saturated carbocycles. The lowest BCUT2D eigenvalue weighted by atomic mass is 10.2. The third kappa shape index (κ3) is 3.19. The molecule has 1 aromatic carbocycles. The second kappa shape index (κ2) is 6.37. The van der Waals surface area contributed by atoms with E-state index in [0.29, 0.717) is 28.8 Å². The van der Waals surface area contributed by atoms with Gasteiger partial charge in [-0.3, -0.25) is 0 Å². The van der Waals surface area contributed by atoms with E-state index in [4.69, 9.17) is 23.2 Å². The maximum atomic E-state index is 13.8. The van der Waals surface area contributed by atoms with Crippen LogP contribution in [0.25, 0.3) is 0 Å². The van der Waals surface area contributed by atoms with Gasteiger partial charge in [-0.15, -0.1) is 0 Å². The Hall–Kier alpha value is -1.39. The number of benzene rings is 1. The van der Waals surface area contributed by atoms with E-state index in [9.17, 15) is 4.39 Å². The highest BCUT2D eigenvalue weighted by atomic mass is 35.5. The Bertz CT molecular complexity index is 612. The van der Waals surface area contributed by atoms with E-state index >= 15 is 0 Å². The zero-order valence-electron chi connectivity index (χ0n) is 11.2. The van der Waals surface area contributed by atoms with Crippen LogP contribution in [-0.4, -0.2) is 9.97 Å². The van der Waals surface area contributed by atoms with Crippen molar-refractivity contribution in [3.63, 3.8) is 0 Å². The van der Waals surface area contributed by atoms with E-state index in [0.717, 1.165) is 6.42 Å². The molecule has 1 heterocycles. The third-order valence-corrected chi connectivity index (χ3v) is 3.50. The van der Waals surface area contributed by atoms with Crippen molar-refractivity contribution in [2.75, 3.05) is 5.32 Å². The minimum atomic E-state index is -0.441. The van der Waals surface area contributed by atoms with Gasteiger partial charge >= 0.3 is 0 Å². The zero-order chi connectivity index (χ0) is 14.7. The third-order valence-electron chi connectivity index (χ3n) is 2.81. The summed E-state index contributed by atoms with van der Waals surface area (Å²) in [5.41, 5.74) is 0.848. The molecule has 3 nitrogen and oxygen atoms in total. The van der Waals surface area contributed by atoms with Crippen molar-refractivity contribution < 1.29 is 4.39 Å². The predicted octanol–water partition coefficient (Wildman–Crippen LogP) is 4.93. The molecule has 1 aromatic heterocycles. The summed E-state index contributed by atoms with van der Waals surface area (Å²) in [6, 6.07) is 4.49. The Morgan fingerprint density at radius 2 is 2.00 bits per heavy atom. The van der Waals surface area contributed by atoms with Crippen LogP contribution in [0.2, 0.25) is 10.2 Å². The Balaban J connectivity index is 2.42. The minimum absolute atomic E-state index is 0.189. The summed E-state index contributed by atoms with van der Waals surface area (Å²) in [6.07, 6.45) is 1.61. The first-order chi connectivity index (χ1) is 9.52. The van der Waals surface area contributed by atoms with Crippen LogP contribution in [0.3, 0.4) is 0 Å². The highest BCUT2D eigenvalue weighted by molar-refractivity contribution is 6.33. The average Bonchev–Trinajstić information content (AvgIpc) is 2.39. The van der Waals surface area contributed by atoms with E-state index in [2.05, 4.69) is 15.3 Å². The van der Waals surface area contributed by atoms with Crippen molar-refractivity contribution in [2.24, 2.45) is 0 Å². The molecular formula is C14H14Cl2FN3. The van der Waals surface area contributed by atoms with E-state index in [1.165, 1.54) is 6.07 Å². The summed E-state index contributed by atoms with van der Waals surface area (Å²) in [5, 5.41) is 3.55. The molecule has 0 radical (unpaired) electrons. The van der Waals surface area contributed by atoms with Gasteiger partial charge < -0.3 is 5.32 Å². The van der Waals surface area contributed by atoms with Crippen LogP contribution >= 0.6 is 23.2 Å². The molecule has 0 aliphatic rings. The Morgan fingerprint density at radius 1 is 1.25 bits per heavy atom. The summed E-state index contributed by atoms with van der Waals surface area (Å²) in [4.78, 5) is 8.57. The summed E-state index contributed by atoms with van der Waals surface area (Å²) >= 11 is 12.1. The van der Waals surface area contributed by atoms with E-state index in [1.807, 2.05) is 6.92 Å². The van der Waals surface area contributed by atoms with Gasteiger partial charge in [-0.05, 0) is 25.5 Å². The van der Waals surface area contributed by atoms with Crippen molar-refractivity contribution in [1.29, 1.82) is 0 Å². The van der Waals surface area contributed by atoms with Gasteiger partial charge in [0.25, 0.3) is 0 Å². The lowest BCUT2D eigenvalue weighted by molar-refractivity contribution is 0.632. The second-order valence-corrected chi connectivity index (χ2v) is 5.14. The first-order valence-electron chi connectivity index (χ1n) is 6.27. The Labute approximate surface area is 127 Å². The SMILES string of the molecule is CCCc1nc(Cl)c(C)c(Nc2c(F)cccc2Cl)n1. The fourth-order valence-electron chi connectivity index (χ4n) is 1.73. The van der Waals surface area contributed by atoms with Crippen LogP contribution in [0.4, 0.5) is 15.9 Å². The number of hydrogen-bond donors (Lipinski definition) is 1. The van der Waals surface area contributed by atoms with Gasteiger partial charge in [-0.2, -0.15) is 0 Å². The number of rotatable bonds is 4. The summed E-state index contributed by atoms with van der Waals surface area (Å²) in [7, 11) is 0. The Morgan fingerprint density at radius 3 is 2.65 bits per heavy atom. The molecule has 0 aliphatic heterocycles. The number of aryl methyl sites for hydroxylation is 1. The average molecular weight is 314 g/mol. The van der Waals surface area contributed by atoms with E-state index < -0.39 is 5.82 Å². The second-order valence-electron chi connectivity index (χ2n) is 4.38. The summed E-state index contributed by atoms with van der Waals surface area (Å²) in [5.74, 6) is 0.655. The number of para-hydroxylation sites is 1. The molecule has 0 saturated heterocycles. The highest BCUT2D eigenvalue weighted by Crippen LogP contribution is 2.30. The molecule has 20 heavy (non-hydrogen) atoms. The predicted molar refractivity (Wildman–Crippen MR) is 80.5 cm³/mol. The normalized spacial score (nSPS) is 10.7. The minimum Gasteiger partial charge on any atom is -0.336 e. The van der Waals surface area contributed by atoms with Gasteiger partial charge in [0.2, 0.25) is 0 Å². The molecule has 1 N–H and O–H groups in total. The van der Waals surface area contributed by atoms with Crippen LogP contribution in [0.5, 0.6) is 0 Å². The number of nitrogens with zero attached hydrogens (tertiary/aromatic N) is 2. The largest absolute Gasteiger partial charge is 0.336 e. The topological polar surface area (TPSA) is 37.8 Å². The smallest absolute Gasteiger partial charge is 0.148 e. The van der Waals surface area contributed by atoms with Gasteiger partial charge in [0.1, 0.15) is 22.6 Å². The lowest BCUT2D eigenvalue weighted by Crippen LogP contribution is -2.05. The van der Waals surface area contributed by atoms with Crippen molar-refractivity contribution in [2.45, 2.75) is 26.7 Å². The summed E-state index contributed by atoms with van der Waals surface area (Å²) in [6.45, 7) is 3.80. The van der Waals surface area contributed by atoms with Crippen LogP contribution < -0.4 is 5.32 Å². The van der Waals surface area contributed by atoms with Crippen LogP contribution in [0, 0.1) is 12.7 Å². The van der Waals surface area contributed by atoms with Crippen molar-refractivity contribution >= 4 is 34.7 Å². The molecule has 2 rings (SSSR count). The lowest BCUT2D eigenvalue weighted by Gasteiger charge is -2.13. The number of nitrogens with one attached hydrogen (secondary N) is 1. The van der Waals surface area contributed by atoms with Crippen molar-refractivity contribution in [3.8, 4) is 0 Å². The van der Waals surface area contributed by atoms with E-state index in [1.54, 1.807) is 19.1 Å². The molecular weight excluding hydrogens is 300 g/mol. The maximum absolute atomic E-state index is 13.8. The molecule has 6 heteroatoms. The summed E-state index contributed by atoms with van der Waals surface area (Å²) < 4.78 is 13.8. The van der Waals surface area contributed by atoms with Crippen LogP contribution in [0.15, 0.2) is 18.2 Å². The number of halogens is 3. The highest BCUT2D eigenvalue weighted by Gasteiger charge is 2.13. The van der Waals surface area contributed by atoms with Gasteiger partial charge in [-0.25, -0.2) is 14.4 Å². The molecule has 0 atom stereocenters. The molecule has 106 valence electrons. The van der Waals surface area contributed by atoms with Crippen LogP contribution in [-0.2, 0) is 6.42 Å². The molecule has 0 fully saturated rings. The Kier molecular flexibility index (Phi) is 4.78. The van der Waals surface area contributed by atoms with E-state index in [-0.39, 0.29) is 10.7 Å². The quantitative estimate of drug-likeness (QED) is 0.813. The van der Waals surface area contributed by atoms with Crippen LogP contribution in [0.1, 0.15) is 24.7 Å². The molecule has 0 spiro atoms. The van der Waals surface area contributed by atoms with Crippen molar-refractivity contribution in [3.05, 3.63) is 45.6 Å². The number of aromatic nitrogens is 2. The first-order valence-corrected chi connectivity index (χ1v) is 7.02. The van der Waals surface area contributed by atoms with Gasteiger partial charge in [-0.1, -0.05) is 36.2 Å². The molecule has 0 aliphatic carbocycles. The standard InChI is InChI=1S/C14H14Cl2FN3/c1-3-5-11-18-13(16)8(2)14(19-11)20-12-9(15)6-4-7-10(12)17/h4,6-7H,3,5H2,1-2H3,(H,18,19,20). The monoisotopic (exact) mass is 313 g/mol. The molecule has 0 unspecified atom stereocenters. The first kappa shape index (κ1) is 15.0. The molecule has 2 aromatic rings. The van der Waals surface area contributed by atoms with Gasteiger partial charge in [0.05, 0.1) is 10.7 Å². The maximum Gasteiger partial charge on any atom is 0.148 e. The fraction of sp³-hybridized carbons (Fsp3) is 0.286. The molecule has 0 amide bonds. The number of anilines is 2. The number of hydrogen-bond acceptors (Lipinski definition) is 3. The van der Waals surface area contributed by atoms with Gasteiger partial charge in [0.15, 0.2) is 0 Å². The molecule has 0 bridgehead atoms. The zero-order valence-corrected chi connectivity index (χ0v) is 12.7. The van der Waals surface area contributed by atoms with Gasteiger partial charge in [0, 0.05) is 12.0 Å². The van der Waals surface area contributed by atoms with Crippen molar-refractivity contribution in [1.82, 2.24) is 9.97 Å². The fourth-order valence-corrected chi connectivity index (χ4v) is 2.12.